The minimum atomic E-state index is -3.53. The summed E-state index contributed by atoms with van der Waals surface area (Å²) >= 11 is 15.2. The summed E-state index contributed by atoms with van der Waals surface area (Å²) in [7, 11) is -3.53. The van der Waals surface area contributed by atoms with Crippen molar-refractivity contribution in [2.24, 2.45) is 0 Å². The van der Waals surface area contributed by atoms with Gasteiger partial charge in [0.2, 0.25) is 10.0 Å². The fraction of sp³-hybridized carbons (Fsp3) is 0.538. The lowest BCUT2D eigenvalue weighted by Crippen LogP contribution is -2.40. The number of hydrogen-bond acceptors (Lipinski definition) is 2. The van der Waals surface area contributed by atoms with Crippen molar-refractivity contribution >= 4 is 49.2 Å². The minimum absolute atomic E-state index is 0.00282. The maximum absolute atomic E-state index is 12.8. The molecule has 20 heavy (non-hydrogen) atoms. The van der Waals surface area contributed by atoms with Gasteiger partial charge in [-0.1, -0.05) is 52.0 Å². The van der Waals surface area contributed by atoms with Gasteiger partial charge in [0.25, 0.3) is 0 Å². The lowest BCUT2D eigenvalue weighted by molar-refractivity contribution is 0.347. The predicted molar refractivity (Wildman–Crippen MR) is 86.4 cm³/mol. The van der Waals surface area contributed by atoms with Crippen LogP contribution in [0.15, 0.2) is 23.1 Å². The Bertz CT molecular complexity index is 580. The second-order valence-electron chi connectivity index (χ2n) is 4.85. The molecule has 0 spiro atoms. The average Bonchev–Trinajstić information content (AvgIpc) is 2.67. The molecule has 0 aromatic heterocycles. The molecular weight excluding hydrogens is 385 g/mol. The van der Waals surface area contributed by atoms with Crippen molar-refractivity contribution in [3.63, 3.8) is 0 Å². The molecule has 1 saturated heterocycles. The molecule has 0 amide bonds. The molecule has 1 aromatic rings. The lowest BCUT2D eigenvalue weighted by atomic mass is 10.1. The molecular formula is C13H16BrCl2NO2S. The summed E-state index contributed by atoms with van der Waals surface area (Å²) in [4.78, 5) is 0.208. The Morgan fingerprint density at radius 3 is 2.60 bits per heavy atom. The quantitative estimate of drug-likeness (QED) is 0.708. The summed E-state index contributed by atoms with van der Waals surface area (Å²) in [6.45, 7) is 0.554. The Labute approximate surface area is 138 Å². The van der Waals surface area contributed by atoms with Gasteiger partial charge < -0.3 is 0 Å². The first-order chi connectivity index (χ1) is 9.46. The van der Waals surface area contributed by atoms with Crippen LogP contribution in [0.5, 0.6) is 0 Å². The van der Waals surface area contributed by atoms with E-state index < -0.39 is 10.0 Å². The number of sulfonamides is 1. The van der Waals surface area contributed by atoms with Crippen LogP contribution in [-0.2, 0) is 10.0 Å². The van der Waals surface area contributed by atoms with Crippen molar-refractivity contribution in [1.29, 1.82) is 0 Å². The molecule has 7 heteroatoms. The van der Waals surface area contributed by atoms with E-state index in [1.54, 1.807) is 4.31 Å². The molecule has 2 rings (SSSR count). The van der Waals surface area contributed by atoms with Crippen LogP contribution >= 0.6 is 39.1 Å². The van der Waals surface area contributed by atoms with Crippen LogP contribution in [0.25, 0.3) is 0 Å². The number of nitrogens with zero attached hydrogens (tertiary/aromatic N) is 1. The van der Waals surface area contributed by atoms with E-state index in [9.17, 15) is 8.42 Å². The SMILES string of the molecule is O=S(=O)(c1ccc(Cl)c(Cl)c1)N1CCCCCC1CBr. The fourth-order valence-corrected chi connectivity index (χ4v) is 5.34. The number of benzene rings is 1. The fourth-order valence-electron chi connectivity index (χ4n) is 2.39. The van der Waals surface area contributed by atoms with E-state index in [1.165, 1.54) is 18.2 Å². The van der Waals surface area contributed by atoms with Crippen molar-refractivity contribution in [2.75, 3.05) is 11.9 Å². The second-order valence-corrected chi connectivity index (χ2v) is 8.20. The standard InChI is InChI=1S/C13H16BrCl2NO2S/c14-9-10-4-2-1-3-7-17(10)20(18,19)11-5-6-12(15)13(16)8-11/h5-6,8,10H,1-4,7,9H2. The first-order valence-electron chi connectivity index (χ1n) is 6.49. The van der Waals surface area contributed by atoms with Crippen molar-refractivity contribution in [1.82, 2.24) is 4.31 Å². The third kappa shape index (κ3) is 3.50. The van der Waals surface area contributed by atoms with Gasteiger partial charge >= 0.3 is 0 Å². The zero-order valence-corrected chi connectivity index (χ0v) is 14.8. The largest absolute Gasteiger partial charge is 0.243 e. The highest BCUT2D eigenvalue weighted by Gasteiger charge is 2.32. The smallest absolute Gasteiger partial charge is 0.207 e. The predicted octanol–water partition coefficient (Wildman–Crippen LogP) is 4.32. The third-order valence-electron chi connectivity index (χ3n) is 3.50. The zero-order chi connectivity index (χ0) is 14.8. The summed E-state index contributed by atoms with van der Waals surface area (Å²) in [5.41, 5.74) is 0. The number of rotatable bonds is 3. The molecule has 1 heterocycles. The van der Waals surface area contributed by atoms with Crippen LogP contribution in [0.4, 0.5) is 0 Å². The van der Waals surface area contributed by atoms with E-state index >= 15 is 0 Å². The highest BCUT2D eigenvalue weighted by atomic mass is 79.9. The molecule has 1 aromatic carbocycles. The molecule has 0 aliphatic carbocycles. The minimum Gasteiger partial charge on any atom is -0.207 e. The third-order valence-corrected chi connectivity index (χ3v) is 6.93. The second kappa shape index (κ2) is 6.97. The summed E-state index contributed by atoms with van der Waals surface area (Å²) in [6, 6.07) is 4.46. The lowest BCUT2D eigenvalue weighted by Gasteiger charge is -2.27. The highest BCUT2D eigenvalue weighted by molar-refractivity contribution is 9.09. The van der Waals surface area contributed by atoms with Gasteiger partial charge in [0.15, 0.2) is 0 Å². The molecule has 1 atom stereocenters. The van der Waals surface area contributed by atoms with Gasteiger partial charge in [-0.2, -0.15) is 4.31 Å². The molecule has 0 bridgehead atoms. The summed E-state index contributed by atoms with van der Waals surface area (Å²) in [5, 5.41) is 1.27. The molecule has 0 radical (unpaired) electrons. The van der Waals surface area contributed by atoms with Crippen molar-refractivity contribution in [2.45, 2.75) is 36.6 Å². The Balaban J connectivity index is 2.38. The monoisotopic (exact) mass is 399 g/mol. The first kappa shape index (κ1) is 16.6. The Morgan fingerprint density at radius 1 is 1.20 bits per heavy atom. The molecule has 1 aliphatic heterocycles. The maximum atomic E-state index is 12.8. The Morgan fingerprint density at radius 2 is 1.95 bits per heavy atom. The average molecular weight is 401 g/mol. The topological polar surface area (TPSA) is 37.4 Å². The normalized spacial score (nSPS) is 21.6. The van der Waals surface area contributed by atoms with Crippen LogP contribution in [0.3, 0.4) is 0 Å². The number of hydrogen-bond donors (Lipinski definition) is 0. The zero-order valence-electron chi connectivity index (χ0n) is 10.9. The van der Waals surface area contributed by atoms with Crippen molar-refractivity contribution in [3.05, 3.63) is 28.2 Å². The van der Waals surface area contributed by atoms with Crippen LogP contribution in [0.1, 0.15) is 25.7 Å². The molecule has 0 saturated carbocycles. The molecule has 1 fully saturated rings. The summed E-state index contributed by atoms with van der Waals surface area (Å²) < 4.78 is 27.1. The van der Waals surface area contributed by atoms with Gasteiger partial charge in [-0.3, -0.25) is 0 Å². The number of halogens is 3. The van der Waals surface area contributed by atoms with Crippen molar-refractivity contribution in [3.8, 4) is 0 Å². The summed E-state index contributed by atoms with van der Waals surface area (Å²) in [6.07, 6.45) is 3.90. The van der Waals surface area contributed by atoms with E-state index in [-0.39, 0.29) is 16.0 Å². The van der Waals surface area contributed by atoms with E-state index in [2.05, 4.69) is 15.9 Å². The van der Waals surface area contributed by atoms with E-state index in [4.69, 9.17) is 23.2 Å². The van der Waals surface area contributed by atoms with E-state index in [0.717, 1.165) is 25.7 Å². The van der Waals surface area contributed by atoms with Gasteiger partial charge in [0.05, 0.1) is 14.9 Å². The summed E-state index contributed by atoms with van der Waals surface area (Å²) in [5.74, 6) is 0. The van der Waals surface area contributed by atoms with E-state index in [1.807, 2.05) is 0 Å². The molecule has 3 nitrogen and oxygen atoms in total. The van der Waals surface area contributed by atoms with Crippen LogP contribution < -0.4 is 0 Å². The van der Waals surface area contributed by atoms with Crippen LogP contribution in [-0.4, -0.2) is 30.6 Å². The van der Waals surface area contributed by atoms with Gasteiger partial charge in [-0.25, -0.2) is 8.42 Å². The molecule has 1 aliphatic rings. The van der Waals surface area contributed by atoms with Gasteiger partial charge in [-0.15, -0.1) is 0 Å². The Kier molecular flexibility index (Phi) is 5.77. The van der Waals surface area contributed by atoms with Gasteiger partial charge in [-0.05, 0) is 31.0 Å². The molecule has 1 unspecified atom stereocenters. The van der Waals surface area contributed by atoms with Crippen LogP contribution in [0.2, 0.25) is 10.0 Å². The molecule has 112 valence electrons. The van der Waals surface area contributed by atoms with Crippen LogP contribution in [0, 0.1) is 0 Å². The maximum Gasteiger partial charge on any atom is 0.243 e. The number of alkyl halides is 1. The van der Waals surface area contributed by atoms with Crippen molar-refractivity contribution < 1.29 is 8.42 Å². The van der Waals surface area contributed by atoms with Gasteiger partial charge in [0, 0.05) is 17.9 Å². The highest BCUT2D eigenvalue weighted by Crippen LogP contribution is 2.29. The first-order valence-corrected chi connectivity index (χ1v) is 9.81. The van der Waals surface area contributed by atoms with Gasteiger partial charge in [0.1, 0.15) is 0 Å². The van der Waals surface area contributed by atoms with E-state index in [0.29, 0.717) is 16.9 Å². The Hall–Kier alpha value is 0.190. The molecule has 0 N–H and O–H groups in total.